The number of azo groups is 1. The minimum atomic E-state index is 0.522. The van der Waals surface area contributed by atoms with Crippen molar-refractivity contribution < 1.29 is 5.43 Å². The molecule has 5 aromatic rings. The van der Waals surface area contributed by atoms with Gasteiger partial charge in [0.15, 0.2) is 5.69 Å². The summed E-state index contributed by atoms with van der Waals surface area (Å²) < 4.78 is 0. The second-order valence-electron chi connectivity index (χ2n) is 10.3. The summed E-state index contributed by atoms with van der Waals surface area (Å²) in [6, 6.07) is 26.8. The van der Waals surface area contributed by atoms with Gasteiger partial charge in [-0.15, -0.1) is 20.4 Å². The van der Waals surface area contributed by atoms with E-state index in [1.165, 1.54) is 34.7 Å². The predicted octanol–water partition coefficient (Wildman–Crippen LogP) is 8.06. The summed E-state index contributed by atoms with van der Waals surface area (Å²) >= 11 is 3.18. The lowest BCUT2D eigenvalue weighted by Crippen LogP contribution is -2.83. The van der Waals surface area contributed by atoms with Crippen LogP contribution in [0.4, 0.5) is 37.9 Å². The molecule has 6 rings (SSSR count). The molecule has 0 spiro atoms. The van der Waals surface area contributed by atoms with Gasteiger partial charge < -0.3 is 10.3 Å². The lowest BCUT2D eigenvalue weighted by atomic mass is 10.2. The molecule has 11 heteroatoms. The molecule has 1 aliphatic rings. The van der Waals surface area contributed by atoms with Gasteiger partial charge in [-0.1, -0.05) is 59.1 Å². The quantitative estimate of drug-likeness (QED) is 0.0523. The Hall–Kier alpha value is -4.58. The number of anilines is 4. The van der Waals surface area contributed by atoms with Crippen molar-refractivity contribution in [3.8, 4) is 0 Å². The monoisotopic (exact) mass is 608 g/mol. The average molecular weight is 609 g/mol. The van der Waals surface area contributed by atoms with Crippen molar-refractivity contribution in [3.05, 3.63) is 101 Å². The first kappa shape index (κ1) is 28.5. The van der Waals surface area contributed by atoms with E-state index in [4.69, 9.17) is 0 Å². The van der Waals surface area contributed by atoms with Gasteiger partial charge in [0, 0.05) is 24.7 Å². The van der Waals surface area contributed by atoms with E-state index in [2.05, 4.69) is 84.9 Å². The SMILES string of the molecule is Cc1cc(N[NH2+]c2ccc(NNc3ccc(N4CCCC4)s3)cc2C)ccc1N=Nc1nnc(/C=C/c2ccccc2)s1. The van der Waals surface area contributed by atoms with Crippen LogP contribution in [0.3, 0.4) is 0 Å². The molecule has 0 amide bonds. The molecular weight excluding hydrogens is 575 g/mol. The Kier molecular flexibility index (Phi) is 9.02. The summed E-state index contributed by atoms with van der Waals surface area (Å²) in [6.45, 7) is 6.45. The third-order valence-electron chi connectivity index (χ3n) is 7.09. The van der Waals surface area contributed by atoms with Gasteiger partial charge in [-0.05, 0) is 86.4 Å². The molecule has 1 fully saturated rings. The maximum Gasteiger partial charge on any atom is 0.252 e. The highest BCUT2D eigenvalue weighted by molar-refractivity contribution is 7.20. The third kappa shape index (κ3) is 7.63. The van der Waals surface area contributed by atoms with E-state index in [1.807, 2.05) is 67.0 Å². The van der Waals surface area contributed by atoms with Gasteiger partial charge in [-0.2, -0.15) is 0 Å². The molecule has 9 nitrogen and oxygen atoms in total. The van der Waals surface area contributed by atoms with Gasteiger partial charge in [-0.3, -0.25) is 5.43 Å². The van der Waals surface area contributed by atoms with Gasteiger partial charge in [0.1, 0.15) is 10.0 Å². The summed E-state index contributed by atoms with van der Waals surface area (Å²) in [5.74, 6) is 0. The number of hydrogen-bond acceptors (Lipinski definition) is 10. The first-order valence-electron chi connectivity index (χ1n) is 14.3. The number of quaternary nitrogens is 1. The van der Waals surface area contributed by atoms with Gasteiger partial charge in [0.2, 0.25) is 0 Å². The molecule has 0 saturated carbocycles. The minimum absolute atomic E-state index is 0.522. The fourth-order valence-corrected chi connectivity index (χ4v) is 6.21. The molecule has 5 N–H and O–H groups in total. The Bertz CT molecular complexity index is 1720. The molecule has 0 bridgehead atoms. The van der Waals surface area contributed by atoms with Crippen LogP contribution in [0.25, 0.3) is 12.2 Å². The number of nitrogen functional groups attached to an aromatic ring is 1. The number of hydrogen-bond donors (Lipinski definition) is 4. The lowest BCUT2D eigenvalue weighted by molar-refractivity contribution is -0.538. The van der Waals surface area contributed by atoms with Crippen LogP contribution in [0.5, 0.6) is 0 Å². The highest BCUT2D eigenvalue weighted by Gasteiger charge is 2.14. The van der Waals surface area contributed by atoms with Gasteiger partial charge >= 0.3 is 0 Å². The molecule has 0 unspecified atom stereocenters. The van der Waals surface area contributed by atoms with E-state index in [-0.39, 0.29) is 0 Å². The molecule has 218 valence electrons. The van der Waals surface area contributed by atoms with E-state index in [0.717, 1.165) is 57.0 Å². The molecule has 0 atom stereocenters. The van der Waals surface area contributed by atoms with Crippen LogP contribution in [-0.4, -0.2) is 23.3 Å². The molecule has 1 saturated heterocycles. The Morgan fingerprint density at radius 3 is 2.42 bits per heavy atom. The van der Waals surface area contributed by atoms with Crippen LogP contribution in [0.1, 0.15) is 34.5 Å². The normalized spacial score (nSPS) is 13.3. The predicted molar refractivity (Wildman–Crippen MR) is 180 cm³/mol. The number of thiophene rings is 1. The van der Waals surface area contributed by atoms with Crippen molar-refractivity contribution in [2.24, 2.45) is 10.2 Å². The average Bonchev–Trinajstić information content (AvgIpc) is 3.81. The molecule has 3 aromatic carbocycles. The number of hydrazine groups is 1. The standard InChI is InChI=1S/C32H33N9S2/c1-22-21-26(34-37-29-16-17-31(42-29)41-18-6-7-19-41)12-13-27(22)35-33-25-11-14-28(23(2)20-25)36-39-32-40-38-30(43-32)15-10-24-8-4-3-5-9-24/h3-5,8-17,20-21,33-35,37H,6-7,18-19H2,1-2H3/p+1/b15-10+,39-36?. The Labute approximate surface area is 259 Å². The maximum absolute atomic E-state index is 4.41. The number of nitrogens with one attached hydrogen (secondary N) is 3. The smallest absolute Gasteiger partial charge is 0.252 e. The summed E-state index contributed by atoms with van der Waals surface area (Å²) in [7, 11) is 0. The number of benzene rings is 3. The topological polar surface area (TPSA) is 106 Å². The summed E-state index contributed by atoms with van der Waals surface area (Å²) in [5, 5.41) is 20.8. The Balaban J connectivity index is 1.000. The second kappa shape index (κ2) is 13.6. The number of rotatable bonds is 11. The highest BCUT2D eigenvalue weighted by Crippen LogP contribution is 2.32. The van der Waals surface area contributed by atoms with Crippen molar-refractivity contribution in [3.63, 3.8) is 0 Å². The Morgan fingerprint density at radius 2 is 1.60 bits per heavy atom. The van der Waals surface area contributed by atoms with Crippen LogP contribution in [0.2, 0.25) is 0 Å². The van der Waals surface area contributed by atoms with E-state index < -0.39 is 0 Å². The molecule has 0 aliphatic carbocycles. The summed E-state index contributed by atoms with van der Waals surface area (Å²) in [5.41, 5.74) is 19.3. The first-order valence-corrected chi connectivity index (χ1v) is 15.9. The van der Waals surface area contributed by atoms with Crippen LogP contribution < -0.4 is 26.6 Å². The molecule has 0 radical (unpaired) electrons. The molecule has 2 aromatic heterocycles. The minimum Gasteiger partial charge on any atom is -0.363 e. The van der Waals surface area contributed by atoms with Gasteiger partial charge in [0.25, 0.3) is 5.13 Å². The molecule has 1 aliphatic heterocycles. The van der Waals surface area contributed by atoms with Gasteiger partial charge in [-0.25, -0.2) is 10.9 Å². The van der Waals surface area contributed by atoms with Crippen molar-refractivity contribution in [1.29, 1.82) is 0 Å². The zero-order valence-electron chi connectivity index (χ0n) is 24.1. The number of nitrogens with two attached hydrogens (primary N) is 1. The van der Waals surface area contributed by atoms with Crippen molar-refractivity contribution in [1.82, 2.24) is 10.2 Å². The fourth-order valence-electron chi connectivity index (χ4n) is 4.73. The molecule has 3 heterocycles. The Morgan fingerprint density at radius 1 is 0.791 bits per heavy atom. The van der Waals surface area contributed by atoms with Gasteiger partial charge in [0.05, 0.1) is 22.1 Å². The van der Waals surface area contributed by atoms with Crippen molar-refractivity contribution >= 4 is 72.7 Å². The van der Waals surface area contributed by atoms with Crippen LogP contribution in [0.15, 0.2) is 89.1 Å². The number of aromatic nitrogens is 2. The molecular formula is C32H34N9S2+. The second-order valence-corrected chi connectivity index (χ2v) is 12.4. The van der Waals surface area contributed by atoms with Crippen molar-refractivity contribution in [2.75, 3.05) is 34.3 Å². The van der Waals surface area contributed by atoms with Crippen molar-refractivity contribution in [2.45, 2.75) is 26.7 Å². The highest BCUT2D eigenvalue weighted by atomic mass is 32.1. The van der Waals surface area contributed by atoms with Crippen LogP contribution in [-0.2, 0) is 0 Å². The molecule has 43 heavy (non-hydrogen) atoms. The first-order chi connectivity index (χ1) is 21.1. The van der Waals surface area contributed by atoms with E-state index in [0.29, 0.717) is 5.13 Å². The maximum atomic E-state index is 4.41. The zero-order valence-corrected chi connectivity index (χ0v) is 25.8. The zero-order chi connectivity index (χ0) is 29.4. The number of nitrogens with zero attached hydrogens (tertiary/aromatic N) is 5. The third-order valence-corrected chi connectivity index (χ3v) is 8.93. The van der Waals surface area contributed by atoms with E-state index in [1.54, 1.807) is 11.3 Å². The number of aryl methyl sites for hydroxylation is 2. The summed E-state index contributed by atoms with van der Waals surface area (Å²) in [6.07, 6.45) is 6.52. The fraction of sp³-hybridized carbons (Fsp3) is 0.188. The van der Waals surface area contributed by atoms with E-state index in [9.17, 15) is 0 Å². The van der Waals surface area contributed by atoms with Crippen LogP contribution in [0, 0.1) is 13.8 Å². The summed E-state index contributed by atoms with van der Waals surface area (Å²) in [4.78, 5) is 2.46. The van der Waals surface area contributed by atoms with E-state index >= 15 is 0 Å². The van der Waals surface area contributed by atoms with Crippen LogP contribution >= 0.6 is 22.7 Å². The largest absolute Gasteiger partial charge is 0.363 e. The lowest BCUT2D eigenvalue weighted by Gasteiger charge is -2.14.